The van der Waals surface area contributed by atoms with E-state index in [4.69, 9.17) is 11.6 Å². The van der Waals surface area contributed by atoms with E-state index in [0.717, 1.165) is 0 Å². The van der Waals surface area contributed by atoms with Crippen molar-refractivity contribution in [2.24, 2.45) is 0 Å². The third-order valence-corrected chi connectivity index (χ3v) is 1.47. The molecular formula is C5H6ClN3O2. The summed E-state index contributed by atoms with van der Waals surface area (Å²) >= 11 is 5.43. The van der Waals surface area contributed by atoms with Crippen LogP contribution in [0.4, 0.5) is 5.82 Å². The number of nitrogens with one attached hydrogen (secondary N) is 1. The fourth-order valence-electron chi connectivity index (χ4n) is 0.676. The number of hydrogen-bond donors (Lipinski definition) is 1. The molecule has 0 aliphatic heterocycles. The second-order valence-electron chi connectivity index (χ2n) is 1.93. The Hall–Kier alpha value is -1.10. The molecule has 0 aliphatic rings. The lowest BCUT2D eigenvalue weighted by atomic mass is 10.5. The molecule has 0 spiro atoms. The maximum absolute atomic E-state index is 10.2. The van der Waals surface area contributed by atoms with Gasteiger partial charge in [0.05, 0.1) is 0 Å². The Bertz CT molecular complexity index is 283. The number of aromatic nitrogens is 2. The number of halogens is 1. The van der Waals surface area contributed by atoms with Crippen LogP contribution in [0.2, 0.25) is 5.15 Å². The van der Waals surface area contributed by atoms with Gasteiger partial charge in [-0.15, -0.1) is 0 Å². The summed E-state index contributed by atoms with van der Waals surface area (Å²) in [6.07, 6.45) is 0.605. The van der Waals surface area contributed by atoms with Gasteiger partial charge in [-0.1, -0.05) is 18.5 Å². The number of nitro groups is 1. The monoisotopic (exact) mass is 175 g/mol. The molecule has 1 aromatic heterocycles. The molecule has 60 valence electrons. The molecule has 11 heavy (non-hydrogen) atoms. The normalized spacial score (nSPS) is 10.0. The minimum atomic E-state index is -0.589. The fourth-order valence-corrected chi connectivity index (χ4v) is 0.894. The summed E-state index contributed by atoms with van der Waals surface area (Å²) < 4.78 is 0. The SMILES string of the molecule is CCc1nc(Cl)c([N+](=O)[O-])[nH]1. The van der Waals surface area contributed by atoms with Crippen molar-refractivity contribution in [1.29, 1.82) is 0 Å². The molecule has 0 aliphatic carbocycles. The van der Waals surface area contributed by atoms with Crippen LogP contribution < -0.4 is 0 Å². The molecule has 1 rings (SSSR count). The van der Waals surface area contributed by atoms with Gasteiger partial charge in [-0.2, -0.15) is 4.98 Å². The van der Waals surface area contributed by atoms with Gasteiger partial charge in [0.2, 0.25) is 5.15 Å². The van der Waals surface area contributed by atoms with E-state index in [2.05, 4.69) is 9.97 Å². The van der Waals surface area contributed by atoms with Crippen LogP contribution in [0, 0.1) is 10.1 Å². The fraction of sp³-hybridized carbons (Fsp3) is 0.400. The van der Waals surface area contributed by atoms with Crippen molar-refractivity contribution in [1.82, 2.24) is 9.97 Å². The molecule has 0 atom stereocenters. The van der Waals surface area contributed by atoms with Crippen LogP contribution in [-0.4, -0.2) is 14.9 Å². The van der Waals surface area contributed by atoms with E-state index < -0.39 is 4.92 Å². The Balaban J connectivity index is 3.07. The molecule has 0 saturated carbocycles. The van der Waals surface area contributed by atoms with E-state index in [-0.39, 0.29) is 11.0 Å². The van der Waals surface area contributed by atoms with Crippen LogP contribution in [0.1, 0.15) is 12.7 Å². The topological polar surface area (TPSA) is 71.8 Å². The number of rotatable bonds is 2. The standard InChI is InChI=1S/C5H6ClN3O2/c1-2-3-7-4(6)5(8-3)9(10)11/h2H2,1H3,(H,7,8). The van der Waals surface area contributed by atoms with E-state index in [1.807, 2.05) is 6.92 Å². The number of imidazole rings is 1. The Morgan fingerprint density at radius 1 is 1.82 bits per heavy atom. The molecule has 0 amide bonds. The van der Waals surface area contributed by atoms with Crippen LogP contribution in [0.15, 0.2) is 0 Å². The van der Waals surface area contributed by atoms with Gasteiger partial charge in [-0.05, 0) is 4.92 Å². The molecule has 1 aromatic rings. The van der Waals surface area contributed by atoms with E-state index in [9.17, 15) is 10.1 Å². The van der Waals surface area contributed by atoms with Gasteiger partial charge >= 0.3 is 5.82 Å². The number of nitrogens with zero attached hydrogens (tertiary/aromatic N) is 2. The van der Waals surface area contributed by atoms with Gasteiger partial charge in [-0.25, -0.2) is 4.98 Å². The Morgan fingerprint density at radius 3 is 2.73 bits per heavy atom. The summed E-state index contributed by atoms with van der Waals surface area (Å²) in [6.45, 7) is 1.83. The second-order valence-corrected chi connectivity index (χ2v) is 2.29. The first-order valence-electron chi connectivity index (χ1n) is 3.04. The zero-order valence-corrected chi connectivity index (χ0v) is 6.55. The van der Waals surface area contributed by atoms with Gasteiger partial charge in [0.15, 0.2) is 5.82 Å². The number of H-pyrrole nitrogens is 1. The van der Waals surface area contributed by atoms with Gasteiger partial charge in [0.1, 0.15) is 0 Å². The van der Waals surface area contributed by atoms with E-state index in [0.29, 0.717) is 12.2 Å². The average Bonchev–Trinajstić information content (AvgIpc) is 2.30. The zero-order chi connectivity index (χ0) is 8.43. The largest absolute Gasteiger partial charge is 0.359 e. The molecule has 1 heterocycles. The van der Waals surface area contributed by atoms with Crippen molar-refractivity contribution < 1.29 is 4.92 Å². The van der Waals surface area contributed by atoms with E-state index >= 15 is 0 Å². The quantitative estimate of drug-likeness (QED) is 0.547. The Morgan fingerprint density at radius 2 is 2.45 bits per heavy atom. The summed E-state index contributed by atoms with van der Waals surface area (Å²) in [5, 5.41) is 10.1. The van der Waals surface area contributed by atoms with Crippen LogP contribution in [-0.2, 0) is 6.42 Å². The lowest BCUT2D eigenvalue weighted by Crippen LogP contribution is -1.88. The molecule has 6 heteroatoms. The van der Waals surface area contributed by atoms with Gasteiger partial charge < -0.3 is 10.1 Å². The molecule has 0 radical (unpaired) electrons. The summed E-state index contributed by atoms with van der Waals surface area (Å²) in [6, 6.07) is 0. The summed E-state index contributed by atoms with van der Waals surface area (Å²) in [5.41, 5.74) is 0. The third kappa shape index (κ3) is 1.48. The number of aromatic amines is 1. The molecule has 1 N–H and O–H groups in total. The van der Waals surface area contributed by atoms with Gasteiger partial charge in [-0.3, -0.25) is 0 Å². The first-order chi connectivity index (χ1) is 5.15. The Kier molecular flexibility index (Phi) is 2.09. The highest BCUT2D eigenvalue weighted by Crippen LogP contribution is 2.20. The van der Waals surface area contributed by atoms with Crippen LogP contribution in [0.5, 0.6) is 0 Å². The van der Waals surface area contributed by atoms with Crippen LogP contribution in [0.3, 0.4) is 0 Å². The first-order valence-corrected chi connectivity index (χ1v) is 3.41. The van der Waals surface area contributed by atoms with Crippen molar-refractivity contribution in [2.75, 3.05) is 0 Å². The van der Waals surface area contributed by atoms with Crippen molar-refractivity contribution in [3.05, 3.63) is 21.1 Å². The minimum Gasteiger partial charge on any atom is -0.358 e. The summed E-state index contributed by atoms with van der Waals surface area (Å²) in [5.74, 6) is 0.296. The third-order valence-electron chi connectivity index (χ3n) is 1.21. The molecule has 0 saturated heterocycles. The van der Waals surface area contributed by atoms with Crippen molar-refractivity contribution in [3.8, 4) is 0 Å². The maximum atomic E-state index is 10.2. The zero-order valence-electron chi connectivity index (χ0n) is 5.80. The molecule has 0 aromatic carbocycles. The molecular weight excluding hydrogens is 170 g/mol. The molecule has 0 unspecified atom stereocenters. The summed E-state index contributed by atoms with van der Waals surface area (Å²) in [4.78, 5) is 15.8. The second kappa shape index (κ2) is 2.87. The smallest absolute Gasteiger partial charge is 0.358 e. The average molecular weight is 176 g/mol. The number of hydrogen-bond acceptors (Lipinski definition) is 3. The van der Waals surface area contributed by atoms with Crippen molar-refractivity contribution >= 4 is 17.4 Å². The highest BCUT2D eigenvalue weighted by atomic mass is 35.5. The highest BCUT2D eigenvalue weighted by Gasteiger charge is 2.16. The predicted octanol–water partition coefficient (Wildman–Crippen LogP) is 1.53. The minimum absolute atomic E-state index is 0.0770. The van der Waals surface area contributed by atoms with Crippen molar-refractivity contribution in [2.45, 2.75) is 13.3 Å². The van der Waals surface area contributed by atoms with Crippen LogP contribution in [0.25, 0.3) is 0 Å². The molecule has 5 nitrogen and oxygen atoms in total. The Labute approximate surface area is 67.5 Å². The summed E-state index contributed by atoms with van der Waals surface area (Å²) in [7, 11) is 0. The number of aryl methyl sites for hydroxylation is 1. The lowest BCUT2D eigenvalue weighted by Gasteiger charge is -1.86. The lowest BCUT2D eigenvalue weighted by molar-refractivity contribution is -0.389. The van der Waals surface area contributed by atoms with Crippen LogP contribution >= 0.6 is 11.6 Å². The van der Waals surface area contributed by atoms with Crippen molar-refractivity contribution in [3.63, 3.8) is 0 Å². The van der Waals surface area contributed by atoms with Gasteiger partial charge in [0.25, 0.3) is 0 Å². The maximum Gasteiger partial charge on any atom is 0.359 e. The molecule has 0 bridgehead atoms. The van der Waals surface area contributed by atoms with E-state index in [1.54, 1.807) is 0 Å². The predicted molar refractivity (Wildman–Crippen MR) is 39.6 cm³/mol. The first kappa shape index (κ1) is 8.00. The highest BCUT2D eigenvalue weighted by molar-refractivity contribution is 6.31. The van der Waals surface area contributed by atoms with E-state index in [1.165, 1.54) is 0 Å². The van der Waals surface area contributed by atoms with Gasteiger partial charge in [0, 0.05) is 6.42 Å². The molecule has 0 fully saturated rings.